The van der Waals surface area contributed by atoms with Gasteiger partial charge in [0.2, 0.25) is 0 Å². The van der Waals surface area contributed by atoms with E-state index in [1.807, 2.05) is 24.3 Å². The summed E-state index contributed by atoms with van der Waals surface area (Å²) >= 11 is 0. The standard InChI is InChI=1S/C13H16N2O/c1-10-7-13(8-10,9-14)15-11-5-3-4-6-12(11)16-2/h3-6,10,15H,7-8H2,1-2H3. The van der Waals surface area contributed by atoms with Gasteiger partial charge in [-0.3, -0.25) is 0 Å². The number of rotatable bonds is 3. The molecular weight excluding hydrogens is 200 g/mol. The second kappa shape index (κ2) is 4.05. The first-order valence-corrected chi connectivity index (χ1v) is 5.51. The summed E-state index contributed by atoms with van der Waals surface area (Å²) in [5.74, 6) is 1.42. The van der Waals surface area contributed by atoms with E-state index < -0.39 is 5.54 Å². The molecule has 0 spiro atoms. The van der Waals surface area contributed by atoms with E-state index in [0.717, 1.165) is 24.3 Å². The molecule has 0 aromatic heterocycles. The molecule has 84 valence electrons. The van der Waals surface area contributed by atoms with Crippen LogP contribution in [0.25, 0.3) is 0 Å². The first-order chi connectivity index (χ1) is 7.69. The van der Waals surface area contributed by atoms with E-state index in [1.54, 1.807) is 7.11 Å². The molecule has 0 saturated heterocycles. The number of methoxy groups -OCH3 is 1. The maximum atomic E-state index is 9.23. The summed E-state index contributed by atoms with van der Waals surface area (Å²) < 4.78 is 5.26. The minimum absolute atomic E-state index is 0.395. The molecule has 0 unspecified atom stereocenters. The van der Waals surface area contributed by atoms with Crippen LogP contribution < -0.4 is 10.1 Å². The van der Waals surface area contributed by atoms with E-state index in [2.05, 4.69) is 18.3 Å². The van der Waals surface area contributed by atoms with Crippen molar-refractivity contribution in [2.24, 2.45) is 5.92 Å². The topological polar surface area (TPSA) is 45.0 Å². The van der Waals surface area contributed by atoms with Gasteiger partial charge in [-0.2, -0.15) is 5.26 Å². The highest BCUT2D eigenvalue weighted by Gasteiger charge is 2.42. The fourth-order valence-corrected chi connectivity index (χ4v) is 2.36. The Morgan fingerprint density at radius 3 is 2.69 bits per heavy atom. The van der Waals surface area contributed by atoms with Crippen LogP contribution >= 0.6 is 0 Å². The highest BCUT2D eigenvalue weighted by molar-refractivity contribution is 5.59. The second-order valence-electron chi connectivity index (χ2n) is 4.53. The molecule has 0 heterocycles. The molecular formula is C13H16N2O. The number of anilines is 1. The van der Waals surface area contributed by atoms with Gasteiger partial charge in [-0.15, -0.1) is 0 Å². The van der Waals surface area contributed by atoms with E-state index in [4.69, 9.17) is 4.74 Å². The zero-order valence-corrected chi connectivity index (χ0v) is 9.66. The summed E-state index contributed by atoms with van der Waals surface area (Å²) in [5.41, 5.74) is 0.507. The Balaban J connectivity index is 2.18. The Morgan fingerprint density at radius 1 is 1.44 bits per heavy atom. The SMILES string of the molecule is COc1ccccc1NC1(C#N)CC(C)C1. The van der Waals surface area contributed by atoms with Crippen LogP contribution in [0.1, 0.15) is 19.8 Å². The number of hydrogen-bond donors (Lipinski definition) is 1. The van der Waals surface area contributed by atoms with Crippen LogP contribution in [0.3, 0.4) is 0 Å². The third-order valence-corrected chi connectivity index (χ3v) is 3.09. The van der Waals surface area contributed by atoms with Gasteiger partial charge in [0.25, 0.3) is 0 Å². The number of ether oxygens (including phenoxy) is 1. The summed E-state index contributed by atoms with van der Waals surface area (Å²) in [5, 5.41) is 12.5. The van der Waals surface area contributed by atoms with Gasteiger partial charge in [0, 0.05) is 0 Å². The Labute approximate surface area is 96.0 Å². The number of hydrogen-bond acceptors (Lipinski definition) is 3. The fraction of sp³-hybridized carbons (Fsp3) is 0.462. The molecule has 3 heteroatoms. The van der Waals surface area contributed by atoms with Gasteiger partial charge >= 0.3 is 0 Å². The van der Waals surface area contributed by atoms with Crippen LogP contribution in [0, 0.1) is 17.2 Å². The molecule has 0 amide bonds. The third kappa shape index (κ3) is 1.83. The number of nitriles is 1. The quantitative estimate of drug-likeness (QED) is 0.845. The number of benzene rings is 1. The fourth-order valence-electron chi connectivity index (χ4n) is 2.36. The molecule has 1 saturated carbocycles. The molecule has 1 aromatic rings. The van der Waals surface area contributed by atoms with Crippen LogP contribution in [0.5, 0.6) is 5.75 Å². The van der Waals surface area contributed by atoms with Crippen molar-refractivity contribution in [3.8, 4) is 11.8 Å². The summed E-state index contributed by atoms with van der Waals surface area (Å²) in [6, 6.07) is 10.1. The van der Waals surface area contributed by atoms with E-state index in [-0.39, 0.29) is 0 Å². The summed E-state index contributed by atoms with van der Waals surface area (Å²) in [7, 11) is 1.64. The van der Waals surface area contributed by atoms with Crippen molar-refractivity contribution in [1.29, 1.82) is 5.26 Å². The zero-order chi connectivity index (χ0) is 11.6. The largest absolute Gasteiger partial charge is 0.495 e. The second-order valence-corrected chi connectivity index (χ2v) is 4.53. The molecule has 1 N–H and O–H groups in total. The number of nitrogens with one attached hydrogen (secondary N) is 1. The van der Waals surface area contributed by atoms with E-state index in [0.29, 0.717) is 5.92 Å². The van der Waals surface area contributed by atoms with E-state index in [1.165, 1.54) is 0 Å². The van der Waals surface area contributed by atoms with Crippen molar-refractivity contribution in [1.82, 2.24) is 0 Å². The average Bonchev–Trinajstić information content (AvgIpc) is 2.27. The Kier molecular flexibility index (Phi) is 2.74. The monoisotopic (exact) mass is 216 g/mol. The molecule has 3 nitrogen and oxygen atoms in total. The summed E-state index contributed by atoms with van der Waals surface area (Å²) in [4.78, 5) is 0. The first kappa shape index (κ1) is 10.8. The molecule has 1 fully saturated rings. The van der Waals surface area contributed by atoms with Crippen molar-refractivity contribution in [3.63, 3.8) is 0 Å². The summed E-state index contributed by atoms with van der Waals surface area (Å²) in [6.07, 6.45) is 1.81. The molecule has 0 aliphatic heterocycles. The smallest absolute Gasteiger partial charge is 0.141 e. The van der Waals surface area contributed by atoms with Gasteiger partial charge in [0.05, 0.1) is 18.9 Å². The lowest BCUT2D eigenvalue weighted by atomic mass is 9.70. The van der Waals surface area contributed by atoms with E-state index >= 15 is 0 Å². The minimum Gasteiger partial charge on any atom is -0.495 e. The Hall–Kier alpha value is -1.69. The van der Waals surface area contributed by atoms with Crippen molar-refractivity contribution in [2.45, 2.75) is 25.3 Å². The predicted octanol–water partition coefficient (Wildman–Crippen LogP) is 2.80. The molecule has 0 radical (unpaired) electrons. The van der Waals surface area contributed by atoms with Crippen LogP contribution in [0.2, 0.25) is 0 Å². The highest BCUT2D eigenvalue weighted by atomic mass is 16.5. The molecule has 1 aliphatic rings. The van der Waals surface area contributed by atoms with Gasteiger partial charge in [-0.25, -0.2) is 0 Å². The third-order valence-electron chi connectivity index (χ3n) is 3.09. The zero-order valence-electron chi connectivity index (χ0n) is 9.66. The number of para-hydroxylation sites is 2. The lowest BCUT2D eigenvalue weighted by Crippen LogP contribution is -2.48. The maximum Gasteiger partial charge on any atom is 0.141 e. The molecule has 1 aliphatic carbocycles. The first-order valence-electron chi connectivity index (χ1n) is 5.51. The Bertz CT molecular complexity index is 416. The normalized spacial score (nSPS) is 27.7. The number of nitrogens with zero attached hydrogens (tertiary/aromatic N) is 1. The van der Waals surface area contributed by atoms with Gasteiger partial charge in [0.1, 0.15) is 11.3 Å². The van der Waals surface area contributed by atoms with Crippen LogP contribution in [-0.4, -0.2) is 12.6 Å². The molecule has 16 heavy (non-hydrogen) atoms. The lowest BCUT2D eigenvalue weighted by Gasteiger charge is -2.42. The minimum atomic E-state index is -0.395. The Morgan fingerprint density at radius 2 is 2.12 bits per heavy atom. The van der Waals surface area contributed by atoms with Crippen molar-refractivity contribution < 1.29 is 4.74 Å². The van der Waals surface area contributed by atoms with Crippen molar-refractivity contribution in [3.05, 3.63) is 24.3 Å². The highest BCUT2D eigenvalue weighted by Crippen LogP contribution is 2.41. The maximum absolute atomic E-state index is 9.23. The van der Waals surface area contributed by atoms with Gasteiger partial charge < -0.3 is 10.1 Å². The van der Waals surface area contributed by atoms with Crippen molar-refractivity contribution in [2.75, 3.05) is 12.4 Å². The average molecular weight is 216 g/mol. The molecule has 0 atom stereocenters. The molecule has 0 bridgehead atoms. The predicted molar refractivity (Wildman–Crippen MR) is 63.4 cm³/mol. The van der Waals surface area contributed by atoms with Crippen LogP contribution in [-0.2, 0) is 0 Å². The van der Waals surface area contributed by atoms with Crippen LogP contribution in [0.15, 0.2) is 24.3 Å². The van der Waals surface area contributed by atoms with Crippen LogP contribution in [0.4, 0.5) is 5.69 Å². The molecule has 2 rings (SSSR count). The molecule has 1 aromatic carbocycles. The van der Waals surface area contributed by atoms with Gasteiger partial charge in [-0.05, 0) is 30.9 Å². The van der Waals surface area contributed by atoms with Gasteiger partial charge in [0.15, 0.2) is 0 Å². The van der Waals surface area contributed by atoms with Gasteiger partial charge in [-0.1, -0.05) is 19.1 Å². The summed E-state index contributed by atoms with van der Waals surface area (Å²) in [6.45, 7) is 2.17. The van der Waals surface area contributed by atoms with E-state index in [9.17, 15) is 5.26 Å². The van der Waals surface area contributed by atoms with Crippen molar-refractivity contribution >= 4 is 5.69 Å². The lowest BCUT2D eigenvalue weighted by molar-refractivity contribution is 0.243.